The van der Waals surface area contributed by atoms with Crippen molar-refractivity contribution in [3.8, 4) is 0 Å². The van der Waals surface area contributed by atoms with Crippen molar-refractivity contribution in [2.24, 2.45) is 11.7 Å². The molecule has 78 valence electrons. The lowest BCUT2D eigenvalue weighted by atomic mass is 9.77. The molecule has 0 radical (unpaired) electrons. The second-order valence-electron chi connectivity index (χ2n) is 4.80. The van der Waals surface area contributed by atoms with Crippen molar-refractivity contribution in [1.29, 1.82) is 0 Å². The lowest BCUT2D eigenvalue weighted by molar-refractivity contribution is -0.0218. The van der Waals surface area contributed by atoms with Gasteiger partial charge < -0.3 is 10.8 Å². The van der Waals surface area contributed by atoms with Crippen LogP contribution in [0, 0.1) is 5.92 Å². The molecule has 0 aromatic heterocycles. The Kier molecular flexibility index (Phi) is 3.74. The first kappa shape index (κ1) is 11.0. The fraction of sp³-hybridized carbons (Fsp3) is 1.00. The predicted octanol–water partition coefficient (Wildman–Crippen LogP) is 2.05. The maximum absolute atomic E-state index is 10.3. The van der Waals surface area contributed by atoms with Gasteiger partial charge in [0.1, 0.15) is 0 Å². The molecule has 1 aliphatic rings. The molecule has 1 rings (SSSR count). The van der Waals surface area contributed by atoms with Gasteiger partial charge in [-0.1, -0.05) is 20.3 Å². The Balaban J connectivity index is 2.44. The molecule has 0 aliphatic heterocycles. The number of nitrogens with two attached hydrogens (primary N) is 1. The highest BCUT2D eigenvalue weighted by Crippen LogP contribution is 2.33. The Hall–Kier alpha value is -0.0800. The van der Waals surface area contributed by atoms with Crippen molar-refractivity contribution in [3.05, 3.63) is 0 Å². The lowest BCUT2D eigenvalue weighted by Gasteiger charge is -2.37. The third-order valence-electron chi connectivity index (χ3n) is 3.28. The van der Waals surface area contributed by atoms with Crippen molar-refractivity contribution < 1.29 is 5.11 Å². The van der Waals surface area contributed by atoms with E-state index in [2.05, 4.69) is 13.8 Å². The molecule has 0 bridgehead atoms. The summed E-state index contributed by atoms with van der Waals surface area (Å²) in [5.41, 5.74) is 5.42. The summed E-state index contributed by atoms with van der Waals surface area (Å²) in [5, 5.41) is 10.3. The fourth-order valence-corrected chi connectivity index (χ4v) is 2.36. The monoisotopic (exact) mass is 185 g/mol. The van der Waals surface area contributed by atoms with Crippen LogP contribution in [0.1, 0.15) is 52.4 Å². The van der Waals surface area contributed by atoms with Gasteiger partial charge in [-0.3, -0.25) is 0 Å². The van der Waals surface area contributed by atoms with Gasteiger partial charge in [-0.25, -0.2) is 0 Å². The van der Waals surface area contributed by atoms with Gasteiger partial charge in [-0.2, -0.15) is 0 Å². The smallest absolute Gasteiger partial charge is 0.0665 e. The van der Waals surface area contributed by atoms with Gasteiger partial charge in [0, 0.05) is 6.04 Å². The van der Waals surface area contributed by atoms with E-state index in [4.69, 9.17) is 5.73 Å². The summed E-state index contributed by atoms with van der Waals surface area (Å²) in [7, 11) is 0. The van der Waals surface area contributed by atoms with Crippen LogP contribution in [0.5, 0.6) is 0 Å². The zero-order valence-electron chi connectivity index (χ0n) is 8.92. The average Bonchev–Trinajstić information content (AvgIpc) is 2.02. The van der Waals surface area contributed by atoms with Gasteiger partial charge in [-0.15, -0.1) is 0 Å². The van der Waals surface area contributed by atoms with Gasteiger partial charge in [0.2, 0.25) is 0 Å². The molecule has 3 N–H and O–H groups in total. The second kappa shape index (κ2) is 4.43. The van der Waals surface area contributed by atoms with Crippen LogP contribution in [0.4, 0.5) is 0 Å². The first-order chi connectivity index (χ1) is 6.06. The molecule has 0 spiro atoms. The Morgan fingerprint density at radius 2 is 2.31 bits per heavy atom. The van der Waals surface area contributed by atoms with Gasteiger partial charge in [0.15, 0.2) is 0 Å². The van der Waals surface area contributed by atoms with Crippen molar-refractivity contribution >= 4 is 0 Å². The second-order valence-corrected chi connectivity index (χ2v) is 4.80. The van der Waals surface area contributed by atoms with E-state index in [0.717, 1.165) is 38.5 Å². The molecule has 0 saturated heterocycles. The highest BCUT2D eigenvalue weighted by molar-refractivity contribution is 4.88. The molecule has 1 saturated carbocycles. The van der Waals surface area contributed by atoms with E-state index < -0.39 is 5.60 Å². The molecule has 2 heteroatoms. The standard InChI is InChI=1S/C11H23NO/c1-3-9(2)7-11(13)6-4-5-10(12)8-11/h9-10,13H,3-8,12H2,1-2H3. The zero-order valence-corrected chi connectivity index (χ0v) is 8.92. The number of hydrogen-bond acceptors (Lipinski definition) is 2. The lowest BCUT2D eigenvalue weighted by Crippen LogP contribution is -2.42. The number of rotatable bonds is 3. The average molecular weight is 185 g/mol. The van der Waals surface area contributed by atoms with Crippen LogP contribution < -0.4 is 5.73 Å². The first-order valence-corrected chi connectivity index (χ1v) is 5.54. The van der Waals surface area contributed by atoms with Gasteiger partial charge in [0.25, 0.3) is 0 Å². The quantitative estimate of drug-likeness (QED) is 0.707. The molecule has 3 unspecified atom stereocenters. The fourth-order valence-electron chi connectivity index (χ4n) is 2.36. The molecule has 0 heterocycles. The minimum absolute atomic E-state index is 0.225. The summed E-state index contributed by atoms with van der Waals surface area (Å²) in [6, 6.07) is 0.225. The minimum atomic E-state index is -0.451. The SMILES string of the molecule is CCC(C)CC1(O)CCCC(N)C1. The zero-order chi connectivity index (χ0) is 9.90. The highest BCUT2D eigenvalue weighted by Gasteiger charge is 2.33. The van der Waals surface area contributed by atoms with Crippen molar-refractivity contribution in [2.75, 3.05) is 0 Å². The number of hydrogen-bond donors (Lipinski definition) is 2. The van der Waals surface area contributed by atoms with Crippen LogP contribution in [0.2, 0.25) is 0 Å². The summed E-state index contributed by atoms with van der Waals surface area (Å²) >= 11 is 0. The molecule has 2 nitrogen and oxygen atoms in total. The van der Waals surface area contributed by atoms with E-state index in [1.54, 1.807) is 0 Å². The molecule has 1 aliphatic carbocycles. The Labute approximate surface area is 81.5 Å². The maximum Gasteiger partial charge on any atom is 0.0665 e. The molecule has 1 fully saturated rings. The maximum atomic E-state index is 10.3. The third kappa shape index (κ3) is 3.28. The van der Waals surface area contributed by atoms with Crippen molar-refractivity contribution in [1.82, 2.24) is 0 Å². The normalized spacial score (nSPS) is 37.4. The third-order valence-corrected chi connectivity index (χ3v) is 3.28. The molecular formula is C11H23NO. The Bertz CT molecular complexity index is 160. The summed E-state index contributed by atoms with van der Waals surface area (Å²) < 4.78 is 0. The van der Waals surface area contributed by atoms with E-state index in [1.807, 2.05) is 0 Å². The molecule has 0 aromatic carbocycles. The minimum Gasteiger partial charge on any atom is -0.390 e. The largest absolute Gasteiger partial charge is 0.390 e. The first-order valence-electron chi connectivity index (χ1n) is 5.54. The van der Waals surface area contributed by atoms with Crippen LogP contribution in [0.3, 0.4) is 0 Å². The molecule has 0 amide bonds. The van der Waals surface area contributed by atoms with E-state index >= 15 is 0 Å². The Morgan fingerprint density at radius 3 is 2.85 bits per heavy atom. The van der Waals surface area contributed by atoms with Crippen molar-refractivity contribution in [3.63, 3.8) is 0 Å². The molecule has 3 atom stereocenters. The highest BCUT2D eigenvalue weighted by atomic mass is 16.3. The van der Waals surface area contributed by atoms with Crippen LogP contribution in [0.25, 0.3) is 0 Å². The van der Waals surface area contributed by atoms with Crippen LogP contribution in [-0.2, 0) is 0 Å². The topological polar surface area (TPSA) is 46.2 Å². The van der Waals surface area contributed by atoms with Gasteiger partial charge in [0.05, 0.1) is 5.60 Å². The Morgan fingerprint density at radius 1 is 1.62 bits per heavy atom. The summed E-state index contributed by atoms with van der Waals surface area (Å²) in [6.45, 7) is 4.38. The van der Waals surface area contributed by atoms with E-state index in [1.165, 1.54) is 0 Å². The molecular weight excluding hydrogens is 162 g/mol. The van der Waals surface area contributed by atoms with Gasteiger partial charge in [-0.05, 0) is 38.0 Å². The number of aliphatic hydroxyl groups is 1. The summed E-state index contributed by atoms with van der Waals surface area (Å²) in [6.07, 6.45) is 6.01. The molecule has 13 heavy (non-hydrogen) atoms. The van der Waals surface area contributed by atoms with Crippen LogP contribution in [-0.4, -0.2) is 16.7 Å². The van der Waals surface area contributed by atoms with Crippen molar-refractivity contribution in [2.45, 2.75) is 64.0 Å². The predicted molar refractivity (Wildman–Crippen MR) is 55.5 cm³/mol. The van der Waals surface area contributed by atoms with E-state index in [0.29, 0.717) is 5.92 Å². The summed E-state index contributed by atoms with van der Waals surface area (Å²) in [5.74, 6) is 0.621. The van der Waals surface area contributed by atoms with E-state index in [9.17, 15) is 5.11 Å². The van der Waals surface area contributed by atoms with Crippen LogP contribution in [0.15, 0.2) is 0 Å². The van der Waals surface area contributed by atoms with E-state index in [-0.39, 0.29) is 6.04 Å². The molecule has 0 aromatic rings. The summed E-state index contributed by atoms with van der Waals surface area (Å²) in [4.78, 5) is 0. The van der Waals surface area contributed by atoms with Gasteiger partial charge >= 0.3 is 0 Å². The van der Waals surface area contributed by atoms with Crippen LogP contribution >= 0.6 is 0 Å².